The van der Waals surface area contributed by atoms with E-state index in [1.807, 2.05) is 0 Å². The van der Waals surface area contributed by atoms with Gasteiger partial charge in [0.25, 0.3) is 0 Å². The minimum atomic E-state index is -0.706. The SMILES string of the molecule is CCCCOCC(O)COC1CCC(C(=O)O)CC1. The first-order valence-corrected chi connectivity index (χ1v) is 7.23. The Balaban J connectivity index is 2.05. The maximum Gasteiger partial charge on any atom is 0.306 e. The fraction of sp³-hybridized carbons (Fsp3) is 0.929. The van der Waals surface area contributed by atoms with Crippen LogP contribution in [0.25, 0.3) is 0 Å². The summed E-state index contributed by atoms with van der Waals surface area (Å²) in [7, 11) is 0. The second-order valence-corrected chi connectivity index (χ2v) is 5.23. The number of hydrogen-bond acceptors (Lipinski definition) is 4. The second-order valence-electron chi connectivity index (χ2n) is 5.23. The zero-order chi connectivity index (χ0) is 14.1. The van der Waals surface area contributed by atoms with Crippen LogP contribution >= 0.6 is 0 Å². The number of aliphatic hydroxyl groups excluding tert-OH is 1. The lowest BCUT2D eigenvalue weighted by molar-refractivity contribution is -0.144. The van der Waals surface area contributed by atoms with Crippen LogP contribution in [0.3, 0.4) is 0 Å². The highest BCUT2D eigenvalue weighted by atomic mass is 16.5. The van der Waals surface area contributed by atoms with Gasteiger partial charge in [0.15, 0.2) is 0 Å². The minimum absolute atomic E-state index is 0.0842. The van der Waals surface area contributed by atoms with Crippen molar-refractivity contribution in [3.8, 4) is 0 Å². The molecule has 0 aromatic rings. The van der Waals surface area contributed by atoms with Crippen LogP contribution in [0.1, 0.15) is 45.4 Å². The molecule has 1 saturated carbocycles. The predicted octanol–water partition coefficient (Wildman–Crippen LogP) is 1.82. The summed E-state index contributed by atoms with van der Waals surface area (Å²) in [4.78, 5) is 10.8. The van der Waals surface area contributed by atoms with Crippen molar-refractivity contribution in [3.05, 3.63) is 0 Å². The van der Waals surface area contributed by atoms with Gasteiger partial charge < -0.3 is 19.7 Å². The third kappa shape index (κ3) is 6.89. The van der Waals surface area contributed by atoms with Crippen LogP contribution in [-0.4, -0.2) is 48.2 Å². The van der Waals surface area contributed by atoms with Gasteiger partial charge in [0.05, 0.1) is 25.2 Å². The van der Waals surface area contributed by atoms with E-state index < -0.39 is 12.1 Å². The van der Waals surface area contributed by atoms with E-state index in [4.69, 9.17) is 14.6 Å². The molecule has 0 aromatic carbocycles. The van der Waals surface area contributed by atoms with Gasteiger partial charge in [0, 0.05) is 6.61 Å². The van der Waals surface area contributed by atoms with E-state index in [1.54, 1.807) is 0 Å². The van der Waals surface area contributed by atoms with Gasteiger partial charge in [-0.1, -0.05) is 13.3 Å². The van der Waals surface area contributed by atoms with Crippen molar-refractivity contribution >= 4 is 5.97 Å². The molecule has 5 nitrogen and oxygen atoms in total. The van der Waals surface area contributed by atoms with Crippen LogP contribution < -0.4 is 0 Å². The summed E-state index contributed by atoms with van der Waals surface area (Å²) in [6.07, 6.45) is 4.45. The largest absolute Gasteiger partial charge is 0.481 e. The van der Waals surface area contributed by atoms with Crippen molar-refractivity contribution in [2.45, 2.75) is 57.7 Å². The maximum absolute atomic E-state index is 10.8. The molecule has 0 spiro atoms. The Morgan fingerprint density at radius 1 is 1.26 bits per heavy atom. The van der Waals surface area contributed by atoms with Gasteiger partial charge in [-0.25, -0.2) is 0 Å². The Hall–Kier alpha value is -0.650. The molecule has 1 fully saturated rings. The molecule has 5 heteroatoms. The summed E-state index contributed by atoms with van der Waals surface area (Å²) < 4.78 is 10.9. The third-order valence-corrected chi connectivity index (χ3v) is 3.50. The molecule has 112 valence electrons. The molecule has 0 radical (unpaired) electrons. The average molecular weight is 274 g/mol. The lowest BCUT2D eigenvalue weighted by Crippen LogP contribution is -2.30. The highest BCUT2D eigenvalue weighted by molar-refractivity contribution is 5.70. The highest BCUT2D eigenvalue weighted by Crippen LogP contribution is 2.26. The van der Waals surface area contributed by atoms with Crippen LogP contribution in [0.15, 0.2) is 0 Å². The molecule has 0 aliphatic heterocycles. The number of carbonyl (C=O) groups is 1. The van der Waals surface area contributed by atoms with E-state index in [2.05, 4.69) is 6.92 Å². The highest BCUT2D eigenvalue weighted by Gasteiger charge is 2.26. The van der Waals surface area contributed by atoms with Crippen molar-refractivity contribution in [3.63, 3.8) is 0 Å². The summed E-state index contributed by atoms with van der Waals surface area (Å²) in [6, 6.07) is 0. The first kappa shape index (κ1) is 16.4. The van der Waals surface area contributed by atoms with Crippen molar-refractivity contribution in [1.29, 1.82) is 0 Å². The van der Waals surface area contributed by atoms with E-state index in [-0.39, 0.29) is 18.6 Å². The van der Waals surface area contributed by atoms with Crippen molar-refractivity contribution < 1.29 is 24.5 Å². The normalized spacial score (nSPS) is 25.2. The van der Waals surface area contributed by atoms with Gasteiger partial charge >= 0.3 is 5.97 Å². The Morgan fingerprint density at radius 3 is 2.53 bits per heavy atom. The van der Waals surface area contributed by atoms with Crippen LogP contribution in [0.4, 0.5) is 0 Å². The molecule has 1 aliphatic rings. The monoisotopic (exact) mass is 274 g/mol. The maximum atomic E-state index is 10.8. The fourth-order valence-corrected chi connectivity index (χ4v) is 2.24. The van der Waals surface area contributed by atoms with Gasteiger partial charge in [-0.15, -0.1) is 0 Å². The molecule has 0 bridgehead atoms. The van der Waals surface area contributed by atoms with Gasteiger partial charge in [0.2, 0.25) is 0 Å². The van der Waals surface area contributed by atoms with E-state index in [0.29, 0.717) is 26.1 Å². The number of carboxylic acids is 1. The Kier molecular flexibility index (Phi) is 8.02. The molecule has 1 aliphatic carbocycles. The fourth-order valence-electron chi connectivity index (χ4n) is 2.24. The molecule has 19 heavy (non-hydrogen) atoms. The third-order valence-electron chi connectivity index (χ3n) is 3.50. The summed E-state index contributed by atoms with van der Waals surface area (Å²) in [6.45, 7) is 3.35. The molecule has 2 N–H and O–H groups in total. The molecule has 1 atom stereocenters. The number of aliphatic hydroxyl groups is 1. The summed E-state index contributed by atoms with van der Waals surface area (Å²) in [5.41, 5.74) is 0. The van der Waals surface area contributed by atoms with Gasteiger partial charge in [-0.3, -0.25) is 4.79 Å². The zero-order valence-electron chi connectivity index (χ0n) is 11.7. The Bertz CT molecular complexity index is 248. The standard InChI is InChI=1S/C14H26O5/c1-2-3-8-18-9-12(15)10-19-13-6-4-11(5-7-13)14(16)17/h11-13,15H,2-10H2,1H3,(H,16,17). The van der Waals surface area contributed by atoms with Crippen LogP contribution in [0, 0.1) is 5.92 Å². The van der Waals surface area contributed by atoms with Crippen LogP contribution in [-0.2, 0) is 14.3 Å². The van der Waals surface area contributed by atoms with Gasteiger partial charge in [-0.05, 0) is 32.1 Å². The minimum Gasteiger partial charge on any atom is -0.481 e. The molecule has 1 rings (SSSR count). The van der Waals surface area contributed by atoms with Crippen molar-refractivity contribution in [2.75, 3.05) is 19.8 Å². The van der Waals surface area contributed by atoms with E-state index >= 15 is 0 Å². The van der Waals surface area contributed by atoms with Crippen molar-refractivity contribution in [1.82, 2.24) is 0 Å². The molecule has 0 aromatic heterocycles. The zero-order valence-corrected chi connectivity index (χ0v) is 11.7. The number of aliphatic carboxylic acids is 1. The van der Waals surface area contributed by atoms with E-state index in [9.17, 15) is 9.90 Å². The predicted molar refractivity (Wildman–Crippen MR) is 71.1 cm³/mol. The Labute approximate surface area is 114 Å². The van der Waals surface area contributed by atoms with Crippen LogP contribution in [0.5, 0.6) is 0 Å². The number of rotatable bonds is 9. The molecule has 0 saturated heterocycles. The molecular formula is C14H26O5. The van der Waals surface area contributed by atoms with Gasteiger partial charge in [-0.2, -0.15) is 0 Å². The van der Waals surface area contributed by atoms with E-state index in [0.717, 1.165) is 25.7 Å². The first-order valence-electron chi connectivity index (χ1n) is 7.23. The molecule has 1 unspecified atom stereocenters. The number of ether oxygens (including phenoxy) is 2. The summed E-state index contributed by atoms with van der Waals surface area (Å²) in [5.74, 6) is -0.926. The second kappa shape index (κ2) is 9.28. The Morgan fingerprint density at radius 2 is 1.95 bits per heavy atom. The van der Waals surface area contributed by atoms with Crippen LogP contribution in [0.2, 0.25) is 0 Å². The van der Waals surface area contributed by atoms with Crippen molar-refractivity contribution in [2.24, 2.45) is 5.92 Å². The van der Waals surface area contributed by atoms with Gasteiger partial charge in [0.1, 0.15) is 6.10 Å². The lowest BCUT2D eigenvalue weighted by atomic mass is 9.87. The smallest absolute Gasteiger partial charge is 0.306 e. The topological polar surface area (TPSA) is 76.0 Å². The molecular weight excluding hydrogens is 248 g/mol. The average Bonchev–Trinajstić information content (AvgIpc) is 2.42. The lowest BCUT2D eigenvalue weighted by Gasteiger charge is -2.27. The first-order chi connectivity index (χ1) is 9.13. The number of hydrogen-bond donors (Lipinski definition) is 2. The number of carboxylic acid groups (broad SMARTS) is 1. The number of unbranched alkanes of at least 4 members (excludes halogenated alkanes) is 1. The summed E-state index contributed by atoms with van der Waals surface area (Å²) >= 11 is 0. The molecule has 0 heterocycles. The molecule has 0 amide bonds. The quantitative estimate of drug-likeness (QED) is 0.627. The summed E-state index contributed by atoms with van der Waals surface area (Å²) in [5, 5.41) is 18.6. The van der Waals surface area contributed by atoms with E-state index in [1.165, 1.54) is 0 Å².